The topological polar surface area (TPSA) is 141 Å². The van der Waals surface area contributed by atoms with Gasteiger partial charge in [-0.15, -0.1) is 0 Å². The van der Waals surface area contributed by atoms with Crippen LogP contribution in [-0.2, 0) is 34.4 Å². The highest BCUT2D eigenvalue weighted by molar-refractivity contribution is 6.02. The predicted octanol–water partition coefficient (Wildman–Crippen LogP) is 8.29. The van der Waals surface area contributed by atoms with Crippen molar-refractivity contribution in [1.29, 1.82) is 0 Å². The fourth-order valence-electron chi connectivity index (χ4n) is 4.45. The van der Waals surface area contributed by atoms with Crippen molar-refractivity contribution in [3.8, 4) is 34.1 Å². The van der Waals surface area contributed by atoms with Gasteiger partial charge in [0.2, 0.25) is 5.78 Å². The molecule has 0 atom stereocenters. The third kappa shape index (κ3) is 11.6. The van der Waals surface area contributed by atoms with E-state index in [0.717, 1.165) is 11.1 Å². The predicted molar refractivity (Wildman–Crippen MR) is 207 cm³/mol. The van der Waals surface area contributed by atoms with Crippen LogP contribution < -0.4 is 18.9 Å². The van der Waals surface area contributed by atoms with Crippen LogP contribution in [0.15, 0.2) is 146 Å². The molecular weight excluding hydrogens is 704 g/mol. The van der Waals surface area contributed by atoms with Crippen molar-refractivity contribution >= 4 is 29.7 Å². The number of hydrogen-bond donors (Lipinski definition) is 0. The van der Waals surface area contributed by atoms with Crippen LogP contribution in [-0.4, -0.2) is 43.9 Å². The summed E-state index contributed by atoms with van der Waals surface area (Å²) in [5.41, 5.74) is 3.78. The van der Waals surface area contributed by atoms with Crippen LogP contribution in [0.5, 0.6) is 23.0 Å². The van der Waals surface area contributed by atoms with E-state index in [1.807, 2.05) is 24.3 Å². The Balaban J connectivity index is 0.000000305. The average Bonchev–Trinajstić information content (AvgIpc) is 3.17. The molecule has 0 aromatic heterocycles. The second kappa shape index (κ2) is 19.4. The zero-order valence-electron chi connectivity index (χ0n) is 31.6. The van der Waals surface area contributed by atoms with Crippen molar-refractivity contribution in [3.05, 3.63) is 157 Å². The minimum absolute atomic E-state index is 0.260. The molecule has 0 saturated heterocycles. The molecule has 0 saturated carbocycles. The summed E-state index contributed by atoms with van der Waals surface area (Å²) >= 11 is 0. The second-order valence-corrected chi connectivity index (χ2v) is 12.1. The summed E-state index contributed by atoms with van der Waals surface area (Å²) in [5.74, 6) is -2.75. The van der Waals surface area contributed by atoms with Crippen LogP contribution in [0.4, 0.5) is 0 Å². The Morgan fingerprint density at radius 3 is 0.927 bits per heavy atom. The SMILES string of the molecule is C=C(C)C(=O)Oc1ccc(-c2ccc(OC(=O)C(=C)C)cc2)cc1.C=C(C)C(=O)Oc1ccc(C(=O)C(OC)(OC)c2ccc(OC(=O)C(=C)C)cc2)cc1. The molecule has 0 unspecified atom stereocenters. The summed E-state index contributed by atoms with van der Waals surface area (Å²) in [6.07, 6.45) is 0. The Kier molecular flexibility index (Phi) is 15.1. The van der Waals surface area contributed by atoms with E-state index >= 15 is 0 Å². The normalized spacial score (nSPS) is 10.4. The van der Waals surface area contributed by atoms with Gasteiger partial charge in [-0.2, -0.15) is 0 Å². The second-order valence-electron chi connectivity index (χ2n) is 12.1. The number of esters is 4. The molecule has 4 aromatic carbocycles. The molecule has 0 bridgehead atoms. The van der Waals surface area contributed by atoms with Crippen LogP contribution in [0.25, 0.3) is 11.1 Å². The van der Waals surface area contributed by atoms with E-state index in [4.69, 9.17) is 28.4 Å². The van der Waals surface area contributed by atoms with Gasteiger partial charge < -0.3 is 28.4 Å². The van der Waals surface area contributed by atoms with E-state index in [0.29, 0.717) is 28.2 Å². The van der Waals surface area contributed by atoms with Crippen molar-refractivity contribution in [1.82, 2.24) is 0 Å². The number of carbonyl (C=O) groups is 5. The fraction of sp³-hybridized carbons (Fsp3) is 0.159. The number of Topliss-reactive ketones (excluding diaryl/α,β-unsaturated/α-hetero) is 1. The van der Waals surface area contributed by atoms with E-state index in [-0.39, 0.29) is 28.2 Å². The zero-order chi connectivity index (χ0) is 40.9. The maximum atomic E-state index is 13.3. The van der Waals surface area contributed by atoms with Gasteiger partial charge in [-0.05, 0) is 112 Å². The zero-order valence-corrected chi connectivity index (χ0v) is 31.6. The average molecular weight is 747 g/mol. The molecule has 0 aliphatic rings. The van der Waals surface area contributed by atoms with Gasteiger partial charge in [-0.1, -0.05) is 50.6 Å². The van der Waals surface area contributed by atoms with Crippen molar-refractivity contribution in [2.45, 2.75) is 33.5 Å². The first-order chi connectivity index (χ1) is 26.0. The van der Waals surface area contributed by atoms with E-state index in [9.17, 15) is 24.0 Å². The lowest BCUT2D eigenvalue weighted by Gasteiger charge is -2.29. The van der Waals surface area contributed by atoms with Gasteiger partial charge in [0, 0.05) is 47.6 Å². The number of benzene rings is 4. The Hall–Kier alpha value is -6.69. The minimum Gasteiger partial charge on any atom is -0.423 e. The molecule has 0 aliphatic heterocycles. The lowest BCUT2D eigenvalue weighted by Crippen LogP contribution is -2.40. The van der Waals surface area contributed by atoms with E-state index < -0.39 is 35.4 Å². The summed E-state index contributed by atoms with van der Waals surface area (Å²) in [7, 11) is 2.69. The Bertz CT molecular complexity index is 2020. The van der Waals surface area contributed by atoms with Gasteiger partial charge in [-0.25, -0.2) is 19.2 Å². The van der Waals surface area contributed by atoms with Gasteiger partial charge in [0.25, 0.3) is 5.79 Å². The summed E-state index contributed by atoms with van der Waals surface area (Å²) in [4.78, 5) is 59.5. The van der Waals surface area contributed by atoms with Crippen LogP contribution in [0, 0.1) is 0 Å². The van der Waals surface area contributed by atoms with E-state index in [1.54, 1.807) is 57.2 Å². The number of ether oxygens (including phenoxy) is 6. The molecule has 11 nitrogen and oxygen atoms in total. The molecule has 4 aromatic rings. The third-order valence-corrected chi connectivity index (χ3v) is 7.50. The van der Waals surface area contributed by atoms with Gasteiger partial charge in [0.15, 0.2) is 0 Å². The first-order valence-electron chi connectivity index (χ1n) is 16.6. The minimum atomic E-state index is -1.73. The molecule has 0 amide bonds. The third-order valence-electron chi connectivity index (χ3n) is 7.50. The number of rotatable bonds is 14. The maximum Gasteiger partial charge on any atom is 0.338 e. The molecule has 0 radical (unpaired) electrons. The Morgan fingerprint density at radius 1 is 0.418 bits per heavy atom. The Labute approximate surface area is 320 Å². The summed E-state index contributed by atoms with van der Waals surface area (Å²) < 4.78 is 31.6. The van der Waals surface area contributed by atoms with Crippen molar-refractivity contribution in [3.63, 3.8) is 0 Å². The van der Waals surface area contributed by atoms with Gasteiger partial charge >= 0.3 is 23.9 Å². The molecule has 4 rings (SSSR count). The lowest BCUT2D eigenvalue weighted by molar-refractivity contribution is -0.176. The van der Waals surface area contributed by atoms with E-state index in [1.165, 1.54) is 57.5 Å². The van der Waals surface area contributed by atoms with Crippen molar-refractivity contribution in [2.75, 3.05) is 14.2 Å². The molecule has 0 aliphatic carbocycles. The number of carbonyl (C=O) groups excluding carboxylic acids is 5. The molecule has 0 heterocycles. The monoisotopic (exact) mass is 746 g/mol. The summed E-state index contributed by atoms with van der Waals surface area (Å²) in [6, 6.07) is 26.4. The highest BCUT2D eigenvalue weighted by Gasteiger charge is 2.41. The molecule has 0 fully saturated rings. The largest absolute Gasteiger partial charge is 0.423 e. The van der Waals surface area contributed by atoms with Crippen LogP contribution in [0.2, 0.25) is 0 Å². The first kappa shape index (κ1) is 42.7. The van der Waals surface area contributed by atoms with Gasteiger partial charge in [0.1, 0.15) is 23.0 Å². The molecule has 0 N–H and O–H groups in total. The quantitative estimate of drug-likeness (QED) is 0.0405. The standard InChI is InChI=1S/C24H24O7.C20H18O4/c1-15(2)22(26)30-19-11-7-17(8-12-19)21(25)24(28-5,29-6)18-9-13-20(14-10-18)31-23(27)16(3)4;1-13(2)19(21)23-17-9-5-15(6-10-17)16-7-11-18(12-8-16)24-20(22)14(3)4/h7-14H,1,3H2,2,4-6H3;5-12H,1,3H2,2,4H3. The molecule has 55 heavy (non-hydrogen) atoms. The number of methoxy groups -OCH3 is 2. The maximum absolute atomic E-state index is 13.3. The van der Waals surface area contributed by atoms with Crippen molar-refractivity contribution < 1.29 is 52.4 Å². The highest BCUT2D eigenvalue weighted by atomic mass is 16.7. The Morgan fingerprint density at radius 2 is 0.673 bits per heavy atom. The van der Waals surface area contributed by atoms with Gasteiger partial charge in [-0.3, -0.25) is 4.79 Å². The molecule has 11 heteroatoms. The summed E-state index contributed by atoms with van der Waals surface area (Å²) in [5, 5.41) is 0. The van der Waals surface area contributed by atoms with Gasteiger partial charge in [0.05, 0.1) is 0 Å². The van der Waals surface area contributed by atoms with E-state index in [2.05, 4.69) is 26.3 Å². The fourth-order valence-corrected chi connectivity index (χ4v) is 4.45. The molecule has 284 valence electrons. The first-order valence-corrected chi connectivity index (χ1v) is 16.6. The lowest BCUT2D eigenvalue weighted by atomic mass is 9.95. The highest BCUT2D eigenvalue weighted by Crippen LogP contribution is 2.32. The smallest absolute Gasteiger partial charge is 0.338 e. The number of hydrogen-bond acceptors (Lipinski definition) is 11. The van der Waals surface area contributed by atoms with Crippen molar-refractivity contribution in [2.24, 2.45) is 0 Å². The summed E-state index contributed by atoms with van der Waals surface area (Å²) in [6.45, 7) is 20.4. The number of ketones is 1. The van der Waals surface area contributed by atoms with Crippen LogP contribution in [0.1, 0.15) is 43.6 Å². The molecule has 0 spiro atoms. The van der Waals surface area contributed by atoms with Crippen LogP contribution in [0.3, 0.4) is 0 Å². The van der Waals surface area contributed by atoms with Crippen LogP contribution >= 0.6 is 0 Å². The molecular formula is C44H42O11.